The van der Waals surface area contributed by atoms with Crippen LogP contribution in [0.4, 0.5) is 10.1 Å². The summed E-state index contributed by atoms with van der Waals surface area (Å²) in [5.74, 6) is 0.644. The van der Waals surface area contributed by atoms with Gasteiger partial charge in [-0.25, -0.2) is 4.39 Å². The number of hydrogen-bond acceptors (Lipinski definition) is 2. The van der Waals surface area contributed by atoms with E-state index >= 15 is 0 Å². The minimum absolute atomic E-state index is 0.209. The van der Waals surface area contributed by atoms with Gasteiger partial charge in [0.25, 0.3) is 0 Å². The highest BCUT2D eigenvalue weighted by molar-refractivity contribution is 5.48. The fourth-order valence-corrected chi connectivity index (χ4v) is 1.77. The van der Waals surface area contributed by atoms with E-state index in [-0.39, 0.29) is 5.82 Å². The molecule has 1 N–H and O–H groups in total. The molecular weight excluding hydrogens is 241 g/mol. The van der Waals surface area contributed by atoms with Crippen molar-refractivity contribution in [3.8, 4) is 5.75 Å². The molecule has 0 aliphatic carbocycles. The van der Waals surface area contributed by atoms with Crippen molar-refractivity contribution in [3.63, 3.8) is 0 Å². The third kappa shape index (κ3) is 4.28. The Morgan fingerprint density at radius 3 is 2.74 bits per heavy atom. The van der Waals surface area contributed by atoms with Crippen LogP contribution < -0.4 is 10.1 Å². The lowest BCUT2D eigenvalue weighted by Gasteiger charge is -2.09. The minimum atomic E-state index is -0.209. The summed E-state index contributed by atoms with van der Waals surface area (Å²) in [6, 6.07) is 14.4. The van der Waals surface area contributed by atoms with Crippen molar-refractivity contribution in [1.29, 1.82) is 0 Å². The number of ether oxygens (including phenoxy) is 1. The molecule has 2 aromatic rings. The zero-order valence-corrected chi connectivity index (χ0v) is 11.0. The molecule has 100 valence electrons. The second-order valence-corrected chi connectivity index (χ2v) is 4.36. The monoisotopic (exact) mass is 259 g/mol. The van der Waals surface area contributed by atoms with Crippen LogP contribution >= 0.6 is 0 Å². The third-order valence-electron chi connectivity index (χ3n) is 2.69. The highest BCUT2D eigenvalue weighted by atomic mass is 19.1. The summed E-state index contributed by atoms with van der Waals surface area (Å²) in [5, 5.41) is 3.26. The Hall–Kier alpha value is -2.03. The first-order valence-electron chi connectivity index (χ1n) is 6.49. The Morgan fingerprint density at radius 1 is 1.11 bits per heavy atom. The summed E-state index contributed by atoms with van der Waals surface area (Å²) in [6.07, 6.45) is 0.987. The predicted molar refractivity (Wildman–Crippen MR) is 76.0 cm³/mol. The van der Waals surface area contributed by atoms with Crippen LogP contribution in [-0.4, -0.2) is 6.61 Å². The van der Waals surface area contributed by atoms with Gasteiger partial charge < -0.3 is 10.1 Å². The Kier molecular flexibility index (Phi) is 4.78. The normalized spacial score (nSPS) is 10.2. The lowest BCUT2D eigenvalue weighted by molar-refractivity contribution is 0.317. The van der Waals surface area contributed by atoms with Gasteiger partial charge in [0, 0.05) is 18.3 Å². The summed E-state index contributed by atoms with van der Waals surface area (Å²) in [6.45, 7) is 3.38. The Morgan fingerprint density at radius 2 is 1.95 bits per heavy atom. The summed E-state index contributed by atoms with van der Waals surface area (Å²) >= 11 is 0. The molecule has 0 fully saturated rings. The molecule has 0 amide bonds. The largest absolute Gasteiger partial charge is 0.494 e. The van der Waals surface area contributed by atoms with Crippen LogP contribution in [0.25, 0.3) is 0 Å². The van der Waals surface area contributed by atoms with Gasteiger partial charge in [-0.3, -0.25) is 0 Å². The highest BCUT2D eigenvalue weighted by Gasteiger charge is 1.98. The molecule has 0 unspecified atom stereocenters. The molecule has 2 aromatic carbocycles. The molecule has 0 atom stereocenters. The lowest BCUT2D eigenvalue weighted by Crippen LogP contribution is -2.00. The van der Waals surface area contributed by atoms with Crippen molar-refractivity contribution in [2.24, 2.45) is 0 Å². The van der Waals surface area contributed by atoms with Crippen molar-refractivity contribution >= 4 is 5.69 Å². The van der Waals surface area contributed by atoms with Crippen LogP contribution in [0, 0.1) is 5.82 Å². The van der Waals surface area contributed by atoms with E-state index in [0.717, 1.165) is 23.4 Å². The average Bonchev–Trinajstić information content (AvgIpc) is 2.43. The van der Waals surface area contributed by atoms with E-state index in [1.807, 2.05) is 30.3 Å². The van der Waals surface area contributed by atoms with E-state index < -0.39 is 0 Å². The van der Waals surface area contributed by atoms with Crippen molar-refractivity contribution in [2.45, 2.75) is 19.9 Å². The first-order valence-corrected chi connectivity index (χ1v) is 6.49. The van der Waals surface area contributed by atoms with Gasteiger partial charge in [0.15, 0.2) is 0 Å². The molecule has 3 heteroatoms. The van der Waals surface area contributed by atoms with Crippen molar-refractivity contribution < 1.29 is 9.13 Å². The fourth-order valence-electron chi connectivity index (χ4n) is 1.77. The molecular formula is C16H18FNO. The van der Waals surface area contributed by atoms with Gasteiger partial charge in [0.2, 0.25) is 0 Å². The fraction of sp³-hybridized carbons (Fsp3) is 0.250. The van der Waals surface area contributed by atoms with Crippen LogP contribution in [0.3, 0.4) is 0 Å². The van der Waals surface area contributed by atoms with Crippen LogP contribution in [0.1, 0.15) is 18.9 Å². The van der Waals surface area contributed by atoms with Crippen molar-refractivity contribution in [3.05, 3.63) is 59.9 Å². The zero-order chi connectivity index (χ0) is 13.5. The van der Waals surface area contributed by atoms with E-state index in [9.17, 15) is 4.39 Å². The zero-order valence-electron chi connectivity index (χ0n) is 11.0. The maximum Gasteiger partial charge on any atom is 0.123 e. The number of benzene rings is 2. The van der Waals surface area contributed by atoms with Crippen LogP contribution in [0.2, 0.25) is 0 Å². The van der Waals surface area contributed by atoms with E-state index in [0.29, 0.717) is 13.2 Å². The second-order valence-electron chi connectivity index (χ2n) is 4.36. The molecule has 2 nitrogen and oxygen atoms in total. The van der Waals surface area contributed by atoms with Gasteiger partial charge in [-0.05, 0) is 36.2 Å². The van der Waals surface area contributed by atoms with Crippen molar-refractivity contribution in [2.75, 3.05) is 11.9 Å². The van der Waals surface area contributed by atoms with E-state index in [1.165, 1.54) is 12.1 Å². The number of rotatable bonds is 6. The molecule has 0 heterocycles. The van der Waals surface area contributed by atoms with Gasteiger partial charge in [-0.1, -0.05) is 25.1 Å². The molecule has 0 aliphatic rings. The SMILES string of the molecule is CCCOc1cccc(NCc2cccc(F)c2)c1. The minimum Gasteiger partial charge on any atom is -0.494 e. The predicted octanol–water partition coefficient (Wildman–Crippen LogP) is 4.23. The number of anilines is 1. The molecule has 0 saturated carbocycles. The maximum absolute atomic E-state index is 13.0. The van der Waals surface area contributed by atoms with E-state index in [4.69, 9.17) is 4.74 Å². The molecule has 2 rings (SSSR count). The topological polar surface area (TPSA) is 21.3 Å². The van der Waals surface area contributed by atoms with Gasteiger partial charge in [0.05, 0.1) is 6.61 Å². The van der Waals surface area contributed by atoms with E-state index in [2.05, 4.69) is 12.2 Å². The molecule has 0 aliphatic heterocycles. The first kappa shape index (κ1) is 13.4. The number of hydrogen-bond donors (Lipinski definition) is 1. The highest BCUT2D eigenvalue weighted by Crippen LogP contribution is 2.18. The smallest absolute Gasteiger partial charge is 0.123 e. The Bertz CT molecular complexity index is 528. The average molecular weight is 259 g/mol. The lowest BCUT2D eigenvalue weighted by atomic mass is 10.2. The summed E-state index contributed by atoms with van der Waals surface area (Å²) in [7, 11) is 0. The molecule has 0 bridgehead atoms. The number of nitrogens with one attached hydrogen (secondary N) is 1. The molecule has 0 spiro atoms. The van der Waals surface area contributed by atoms with E-state index in [1.54, 1.807) is 6.07 Å². The van der Waals surface area contributed by atoms with Gasteiger partial charge in [0.1, 0.15) is 11.6 Å². The molecule has 0 aromatic heterocycles. The van der Waals surface area contributed by atoms with Crippen LogP contribution in [-0.2, 0) is 6.54 Å². The number of halogens is 1. The third-order valence-corrected chi connectivity index (χ3v) is 2.69. The summed E-state index contributed by atoms with van der Waals surface area (Å²) in [5.41, 5.74) is 1.89. The Labute approximate surface area is 113 Å². The first-order chi connectivity index (χ1) is 9.28. The van der Waals surface area contributed by atoms with Gasteiger partial charge in [-0.2, -0.15) is 0 Å². The molecule has 19 heavy (non-hydrogen) atoms. The maximum atomic E-state index is 13.0. The van der Waals surface area contributed by atoms with Gasteiger partial charge >= 0.3 is 0 Å². The standard InChI is InChI=1S/C16H18FNO/c1-2-9-19-16-8-4-7-15(11-16)18-12-13-5-3-6-14(17)10-13/h3-8,10-11,18H,2,9,12H2,1H3. The summed E-state index contributed by atoms with van der Waals surface area (Å²) in [4.78, 5) is 0. The molecule has 0 radical (unpaired) electrons. The Balaban J connectivity index is 1.95. The summed E-state index contributed by atoms with van der Waals surface area (Å²) < 4.78 is 18.6. The van der Waals surface area contributed by atoms with Crippen molar-refractivity contribution in [1.82, 2.24) is 0 Å². The van der Waals surface area contributed by atoms with Crippen LogP contribution in [0.5, 0.6) is 5.75 Å². The van der Waals surface area contributed by atoms with Crippen LogP contribution in [0.15, 0.2) is 48.5 Å². The van der Waals surface area contributed by atoms with Gasteiger partial charge in [-0.15, -0.1) is 0 Å². The quantitative estimate of drug-likeness (QED) is 0.838. The molecule has 0 saturated heterocycles. The second kappa shape index (κ2) is 6.78.